The van der Waals surface area contributed by atoms with Gasteiger partial charge in [-0.05, 0) is 40.1 Å². The van der Waals surface area contributed by atoms with Gasteiger partial charge < -0.3 is 15.4 Å². The van der Waals surface area contributed by atoms with Crippen LogP contribution in [-0.4, -0.2) is 16.0 Å². The van der Waals surface area contributed by atoms with Crippen molar-refractivity contribution in [1.29, 1.82) is 0 Å². The molecule has 5 nitrogen and oxygen atoms in total. The average Bonchev–Trinajstić information content (AvgIpc) is 2.79. The van der Waals surface area contributed by atoms with E-state index < -0.39 is 101 Å². The molecule has 2 aromatic carbocycles. The van der Waals surface area contributed by atoms with Gasteiger partial charge in [0.2, 0.25) is 5.43 Å². The molecule has 0 saturated carbocycles. The lowest BCUT2D eigenvalue weighted by atomic mass is 9.79. The van der Waals surface area contributed by atoms with Crippen LogP contribution in [0.5, 0.6) is 5.75 Å². The first-order chi connectivity index (χ1) is 19.2. The highest BCUT2D eigenvalue weighted by Gasteiger charge is 2.26. The summed E-state index contributed by atoms with van der Waals surface area (Å²) in [7, 11) is 0. The van der Waals surface area contributed by atoms with E-state index in [1.165, 1.54) is 0 Å². The van der Waals surface area contributed by atoms with Crippen molar-refractivity contribution in [2.45, 2.75) is 52.2 Å². The number of rotatable bonds is 2. The standard InChI is InChI=1S/C24H28N2O3/c1-23(2,3)16-11-17(24(4,5)6)20(27)12-19(16)26-22(29)15-13-25-18-10-8-7-9-14(18)21(15)28/h7-13,27H,1-6H3,(H,25,28)(H,26,29)/i4D3,5D3,6D3,7D,8D,9D,10D,13D. The van der Waals surface area contributed by atoms with Crippen LogP contribution in [0.1, 0.15) is 82.0 Å². The quantitative estimate of drug-likeness (QED) is 0.555. The number of benzene rings is 2. The predicted molar refractivity (Wildman–Crippen MR) is 118 cm³/mol. The van der Waals surface area contributed by atoms with E-state index in [2.05, 4.69) is 10.3 Å². The molecule has 0 fully saturated rings. The second-order valence-corrected chi connectivity index (χ2v) is 7.57. The minimum absolute atomic E-state index is 0.0264. The molecule has 5 heteroatoms. The summed E-state index contributed by atoms with van der Waals surface area (Å²) >= 11 is 0. The van der Waals surface area contributed by atoms with Crippen LogP contribution in [-0.2, 0) is 10.8 Å². The van der Waals surface area contributed by atoms with Crippen LogP contribution in [0.3, 0.4) is 0 Å². The summed E-state index contributed by atoms with van der Waals surface area (Å²) in [5.74, 6) is -2.34. The molecule has 1 aromatic heterocycles. The Morgan fingerprint density at radius 3 is 2.45 bits per heavy atom. The van der Waals surface area contributed by atoms with Crippen molar-refractivity contribution >= 4 is 22.5 Å². The maximum Gasteiger partial charge on any atom is 0.261 e. The van der Waals surface area contributed by atoms with Gasteiger partial charge in [0.1, 0.15) is 11.3 Å². The monoisotopic (exact) mass is 406 g/mol. The van der Waals surface area contributed by atoms with Gasteiger partial charge in [0.15, 0.2) is 0 Å². The first-order valence-corrected chi connectivity index (χ1v) is 8.54. The lowest BCUT2D eigenvalue weighted by molar-refractivity contribution is 0.102. The van der Waals surface area contributed by atoms with Crippen molar-refractivity contribution in [3.63, 3.8) is 0 Å². The van der Waals surface area contributed by atoms with Crippen LogP contribution in [0.15, 0.2) is 47.3 Å². The lowest BCUT2D eigenvalue weighted by Crippen LogP contribution is -2.25. The van der Waals surface area contributed by atoms with Gasteiger partial charge in [-0.1, -0.05) is 53.4 Å². The molecule has 0 radical (unpaired) electrons. The molecule has 0 atom stereocenters. The molecule has 0 unspecified atom stereocenters. The van der Waals surface area contributed by atoms with Crippen molar-refractivity contribution in [1.82, 2.24) is 4.98 Å². The van der Waals surface area contributed by atoms with Gasteiger partial charge in [-0.15, -0.1) is 0 Å². The Morgan fingerprint density at radius 1 is 1.10 bits per heavy atom. The number of carbonyl (C=O) groups is 1. The molecule has 1 amide bonds. The number of aromatic hydroxyl groups is 1. The Labute approximate surface area is 190 Å². The highest BCUT2D eigenvalue weighted by atomic mass is 16.3. The number of fused-ring (bicyclic) bond motifs is 1. The Bertz CT molecular complexity index is 1660. The number of phenols is 1. The molecular weight excluding hydrogens is 364 g/mol. The van der Waals surface area contributed by atoms with Gasteiger partial charge in [0, 0.05) is 41.2 Å². The van der Waals surface area contributed by atoms with Crippen LogP contribution in [0, 0.1) is 0 Å². The normalized spacial score (nSPS) is 20.5. The van der Waals surface area contributed by atoms with Gasteiger partial charge in [-0.2, -0.15) is 0 Å². The van der Waals surface area contributed by atoms with Crippen LogP contribution < -0.4 is 10.7 Å². The topological polar surface area (TPSA) is 82.2 Å². The first kappa shape index (κ1) is 9.16. The van der Waals surface area contributed by atoms with Gasteiger partial charge >= 0.3 is 0 Å². The minimum Gasteiger partial charge on any atom is -0.508 e. The number of anilines is 1. The summed E-state index contributed by atoms with van der Waals surface area (Å²) in [5, 5.41) is 12.7. The van der Waals surface area contributed by atoms with Crippen LogP contribution in [0.2, 0.25) is 0 Å². The molecule has 0 aliphatic heterocycles. The maximum atomic E-state index is 13.4. The van der Waals surface area contributed by atoms with E-state index in [4.69, 9.17) is 19.2 Å². The number of para-hydroxylation sites is 1. The zero-order valence-corrected chi connectivity index (χ0v) is 15.9. The molecule has 0 saturated heterocycles. The number of pyridine rings is 1. The third kappa shape index (κ3) is 4.04. The Morgan fingerprint density at radius 2 is 1.79 bits per heavy atom. The second-order valence-electron chi connectivity index (χ2n) is 7.57. The molecule has 1 heterocycles. The second kappa shape index (κ2) is 7.07. The third-order valence-corrected chi connectivity index (χ3v) is 4.28. The maximum absolute atomic E-state index is 13.4. The third-order valence-electron chi connectivity index (χ3n) is 4.28. The summed E-state index contributed by atoms with van der Waals surface area (Å²) in [6.45, 7) is -6.35. The van der Waals surface area contributed by atoms with Crippen LogP contribution in [0.25, 0.3) is 10.9 Å². The molecule has 0 aliphatic carbocycles. The number of H-pyrrole nitrogens is 1. The van der Waals surface area contributed by atoms with E-state index in [-0.39, 0.29) is 11.3 Å². The highest BCUT2D eigenvalue weighted by molar-refractivity contribution is 6.06. The van der Waals surface area contributed by atoms with E-state index >= 15 is 0 Å². The van der Waals surface area contributed by atoms with Crippen LogP contribution >= 0.6 is 0 Å². The Balaban J connectivity index is 2.35. The average molecular weight is 407 g/mol. The number of aromatic amines is 1. The largest absolute Gasteiger partial charge is 0.508 e. The number of hydrogen-bond acceptors (Lipinski definition) is 3. The van der Waals surface area contributed by atoms with Crippen LogP contribution in [0.4, 0.5) is 5.69 Å². The highest BCUT2D eigenvalue weighted by Crippen LogP contribution is 2.39. The number of phenolic OH excluding ortho intramolecular Hbond substituents is 1. The number of amides is 1. The molecule has 29 heavy (non-hydrogen) atoms. The molecule has 152 valence electrons. The van der Waals surface area contributed by atoms with Crippen molar-refractivity contribution in [3.8, 4) is 5.75 Å². The van der Waals surface area contributed by atoms with E-state index in [9.17, 15) is 14.7 Å². The Hall–Kier alpha value is -3.08. The molecule has 3 N–H and O–H groups in total. The fourth-order valence-electron chi connectivity index (χ4n) is 2.84. The molecule has 0 spiro atoms. The lowest BCUT2D eigenvalue weighted by Gasteiger charge is -2.28. The van der Waals surface area contributed by atoms with Gasteiger partial charge in [-0.25, -0.2) is 0 Å². The summed E-state index contributed by atoms with van der Waals surface area (Å²) in [5.41, 5.74) is -8.30. The summed E-state index contributed by atoms with van der Waals surface area (Å²) < 4.78 is 112. The SMILES string of the molecule is [2H]c1[nH]c2c([2H])c([2H])c([2H])c([2H])c2c(=O)c1C(=O)Nc1cc(O)c(C(C([2H])([2H])[2H])(C([2H])([2H])[2H])C([2H])([2H])[2H])cc1C(C)(C)C. The minimum atomic E-state index is -3.68. The number of aromatic nitrogens is 1. The van der Waals surface area contributed by atoms with Gasteiger partial charge in [0.25, 0.3) is 5.91 Å². The van der Waals surface area contributed by atoms with E-state index in [1.54, 1.807) is 20.8 Å². The first-order valence-electron chi connectivity index (χ1n) is 15.5. The molecule has 0 aliphatic rings. The fraction of sp³-hybridized carbons (Fsp3) is 0.333. The van der Waals surface area contributed by atoms with Gasteiger partial charge in [-0.3, -0.25) is 9.59 Å². The van der Waals surface area contributed by atoms with Crippen molar-refractivity contribution in [2.75, 3.05) is 5.32 Å². The predicted octanol–water partition coefficient (Wildman–Crippen LogP) is 5.08. The molecular formula is C24H28N2O3. The summed E-state index contributed by atoms with van der Waals surface area (Å²) in [6, 6.07) is -1.17. The zero-order chi connectivity index (χ0) is 33.4. The summed E-state index contributed by atoms with van der Waals surface area (Å²) in [6.07, 6.45) is -0.801. The number of hydrogen-bond donors (Lipinski definition) is 3. The smallest absolute Gasteiger partial charge is 0.261 e. The Kier molecular flexibility index (Phi) is 2.23. The molecule has 3 aromatic rings. The zero-order valence-electron chi connectivity index (χ0n) is 29.9. The number of nitrogens with one attached hydrogen (secondary N) is 2. The van der Waals surface area contributed by atoms with Crippen molar-refractivity contribution < 1.29 is 29.1 Å². The van der Waals surface area contributed by atoms with Gasteiger partial charge in [0.05, 0.1) is 6.85 Å². The molecule has 3 rings (SSSR count). The fourth-order valence-corrected chi connectivity index (χ4v) is 2.84. The van der Waals surface area contributed by atoms with E-state index in [0.717, 1.165) is 12.1 Å². The number of carbonyl (C=O) groups excluding carboxylic acids is 1. The van der Waals surface area contributed by atoms with Crippen molar-refractivity contribution in [3.05, 3.63) is 69.4 Å². The molecule has 0 bridgehead atoms. The summed E-state index contributed by atoms with van der Waals surface area (Å²) in [4.78, 5) is 29.0. The van der Waals surface area contributed by atoms with E-state index in [1.807, 2.05) is 0 Å². The van der Waals surface area contributed by atoms with Crippen molar-refractivity contribution in [2.24, 2.45) is 0 Å². The van der Waals surface area contributed by atoms with E-state index in [0.29, 0.717) is 0 Å².